The second-order valence-electron chi connectivity index (χ2n) is 6.30. The summed E-state index contributed by atoms with van der Waals surface area (Å²) >= 11 is 0. The van der Waals surface area contributed by atoms with E-state index in [1.165, 1.54) is 38.5 Å². The molecule has 0 aliphatic heterocycles. The van der Waals surface area contributed by atoms with Gasteiger partial charge in [-0.1, -0.05) is 58.3 Å². The van der Waals surface area contributed by atoms with Crippen LogP contribution in [0.4, 0.5) is 0 Å². The molecule has 0 bridgehead atoms. The van der Waals surface area contributed by atoms with Gasteiger partial charge in [-0.05, 0) is 6.42 Å². The molecule has 24 heavy (non-hydrogen) atoms. The summed E-state index contributed by atoms with van der Waals surface area (Å²) in [6.07, 6.45) is 3.31. The third kappa shape index (κ3) is 10.2. The van der Waals surface area contributed by atoms with Gasteiger partial charge in [-0.25, -0.2) is 0 Å². The van der Waals surface area contributed by atoms with E-state index in [-0.39, 0.29) is 0 Å². The Kier molecular flexibility index (Phi) is 14.2. The number of carbonyl (C=O) groups excluding carboxylic acids is 1. The van der Waals surface area contributed by atoms with Gasteiger partial charge in [0.1, 0.15) is 18.3 Å². The van der Waals surface area contributed by atoms with Gasteiger partial charge in [0.2, 0.25) is 0 Å². The molecule has 6 N–H and O–H groups in total. The molecular formula is C17H35NO6. The van der Waals surface area contributed by atoms with Crippen LogP contribution in [-0.2, 0) is 4.79 Å². The minimum Gasteiger partial charge on any atom is -0.394 e. The minimum atomic E-state index is -1.85. The van der Waals surface area contributed by atoms with Crippen molar-refractivity contribution in [3.63, 3.8) is 0 Å². The lowest BCUT2D eigenvalue weighted by Crippen LogP contribution is -2.51. The van der Waals surface area contributed by atoms with E-state index in [2.05, 4.69) is 12.2 Å². The Balaban J connectivity index is 3.71. The maximum Gasteiger partial charge on any atom is 0.251 e. The average Bonchev–Trinajstić information content (AvgIpc) is 2.60. The number of carbonyl (C=O) groups is 1. The molecule has 0 saturated heterocycles. The van der Waals surface area contributed by atoms with Crippen LogP contribution in [0.15, 0.2) is 0 Å². The molecule has 0 aliphatic rings. The van der Waals surface area contributed by atoms with Crippen molar-refractivity contribution in [3.8, 4) is 0 Å². The van der Waals surface area contributed by atoms with Gasteiger partial charge in [0, 0.05) is 6.54 Å². The Morgan fingerprint density at radius 1 is 0.833 bits per heavy atom. The first-order chi connectivity index (χ1) is 11.5. The van der Waals surface area contributed by atoms with E-state index in [1.54, 1.807) is 0 Å². The van der Waals surface area contributed by atoms with Gasteiger partial charge in [-0.2, -0.15) is 0 Å². The van der Waals surface area contributed by atoms with Crippen LogP contribution in [0.2, 0.25) is 0 Å². The molecular weight excluding hydrogens is 314 g/mol. The van der Waals surface area contributed by atoms with Crippen molar-refractivity contribution in [2.24, 2.45) is 0 Å². The van der Waals surface area contributed by atoms with Crippen molar-refractivity contribution in [1.82, 2.24) is 5.32 Å². The van der Waals surface area contributed by atoms with Gasteiger partial charge in [-0.3, -0.25) is 4.79 Å². The highest BCUT2D eigenvalue weighted by Gasteiger charge is 2.33. The number of hydrogen-bond donors (Lipinski definition) is 6. The Hall–Kier alpha value is -0.730. The zero-order chi connectivity index (χ0) is 18.4. The van der Waals surface area contributed by atoms with Crippen LogP contribution >= 0.6 is 0 Å². The quantitative estimate of drug-likeness (QED) is 0.232. The van der Waals surface area contributed by atoms with Crippen molar-refractivity contribution in [1.29, 1.82) is 0 Å². The van der Waals surface area contributed by atoms with Crippen LogP contribution in [0.5, 0.6) is 0 Å². The van der Waals surface area contributed by atoms with Crippen molar-refractivity contribution in [2.45, 2.75) is 89.1 Å². The van der Waals surface area contributed by atoms with Crippen LogP contribution in [0.25, 0.3) is 0 Å². The van der Waals surface area contributed by atoms with E-state index in [0.29, 0.717) is 6.54 Å². The molecule has 0 aromatic carbocycles. The lowest BCUT2D eigenvalue weighted by atomic mass is 10.0. The highest BCUT2D eigenvalue weighted by Crippen LogP contribution is 2.09. The zero-order valence-corrected chi connectivity index (χ0v) is 14.7. The van der Waals surface area contributed by atoms with E-state index in [1.807, 2.05) is 0 Å². The Labute approximate surface area is 144 Å². The molecule has 0 aromatic heterocycles. The van der Waals surface area contributed by atoms with Gasteiger partial charge in [0.05, 0.1) is 6.61 Å². The smallest absolute Gasteiger partial charge is 0.251 e. The largest absolute Gasteiger partial charge is 0.394 e. The van der Waals surface area contributed by atoms with Crippen LogP contribution in [0, 0.1) is 0 Å². The lowest BCUT2D eigenvalue weighted by molar-refractivity contribution is -0.148. The third-order valence-corrected chi connectivity index (χ3v) is 4.10. The summed E-state index contributed by atoms with van der Waals surface area (Å²) in [5, 5.41) is 49.0. The van der Waals surface area contributed by atoms with E-state index in [9.17, 15) is 25.2 Å². The number of hydrogen-bond acceptors (Lipinski definition) is 6. The van der Waals surface area contributed by atoms with Crippen molar-refractivity contribution < 1.29 is 30.3 Å². The fourth-order valence-corrected chi connectivity index (χ4v) is 2.43. The molecule has 0 radical (unpaired) electrons. The number of amides is 1. The van der Waals surface area contributed by atoms with Gasteiger partial charge in [-0.15, -0.1) is 0 Å². The van der Waals surface area contributed by atoms with Crippen LogP contribution in [0.3, 0.4) is 0 Å². The Morgan fingerprint density at radius 2 is 1.33 bits per heavy atom. The summed E-state index contributed by atoms with van der Waals surface area (Å²) in [5.74, 6) is -0.800. The first-order valence-electron chi connectivity index (χ1n) is 9.06. The van der Waals surface area contributed by atoms with Crippen molar-refractivity contribution in [2.75, 3.05) is 13.2 Å². The van der Waals surface area contributed by atoms with Crippen molar-refractivity contribution >= 4 is 5.91 Å². The van der Waals surface area contributed by atoms with E-state index < -0.39 is 36.9 Å². The summed E-state index contributed by atoms with van der Waals surface area (Å²) in [7, 11) is 0. The fraction of sp³-hybridized carbons (Fsp3) is 0.941. The molecule has 0 spiro atoms. The molecule has 0 heterocycles. The molecule has 1 amide bonds. The van der Waals surface area contributed by atoms with Crippen LogP contribution in [-0.4, -0.2) is 69.0 Å². The van der Waals surface area contributed by atoms with E-state index >= 15 is 0 Å². The summed E-state index contributed by atoms with van der Waals surface area (Å²) in [4.78, 5) is 11.7. The van der Waals surface area contributed by atoms with E-state index in [4.69, 9.17) is 5.11 Å². The molecule has 0 aliphatic carbocycles. The molecule has 4 atom stereocenters. The second-order valence-corrected chi connectivity index (χ2v) is 6.30. The number of rotatable bonds is 15. The fourth-order valence-electron chi connectivity index (χ4n) is 2.43. The molecule has 0 unspecified atom stereocenters. The maximum atomic E-state index is 11.7. The average molecular weight is 349 g/mol. The molecule has 144 valence electrons. The lowest BCUT2D eigenvalue weighted by Gasteiger charge is -2.24. The topological polar surface area (TPSA) is 130 Å². The first kappa shape index (κ1) is 23.3. The third-order valence-electron chi connectivity index (χ3n) is 4.10. The van der Waals surface area contributed by atoms with Gasteiger partial charge in [0.25, 0.3) is 5.91 Å². The second kappa shape index (κ2) is 14.6. The number of unbranched alkanes of at least 4 members (excludes halogenated alkanes) is 8. The molecule has 7 nitrogen and oxygen atoms in total. The predicted molar refractivity (Wildman–Crippen MR) is 91.3 cm³/mol. The van der Waals surface area contributed by atoms with Gasteiger partial charge < -0.3 is 30.8 Å². The van der Waals surface area contributed by atoms with Crippen LogP contribution < -0.4 is 5.32 Å². The van der Waals surface area contributed by atoms with Gasteiger partial charge in [0.15, 0.2) is 6.10 Å². The summed E-state index contributed by atoms with van der Waals surface area (Å²) in [6, 6.07) is 0. The standard InChI is InChI=1S/C17H35NO6/c1-2-3-4-5-6-7-8-9-10-11-18-17(24)16(23)15(22)14(21)13(20)12-19/h13-16,19-23H,2-12H2,1H3,(H,18,24)/t13-,14-,15+,16-/m1/s1. The highest BCUT2D eigenvalue weighted by atomic mass is 16.4. The Bertz CT molecular complexity index is 315. The summed E-state index contributed by atoms with van der Waals surface area (Å²) in [5.41, 5.74) is 0. The number of aliphatic hydroxyl groups excluding tert-OH is 5. The molecule has 7 heteroatoms. The monoisotopic (exact) mass is 349 g/mol. The molecule has 0 rings (SSSR count). The van der Waals surface area contributed by atoms with E-state index in [0.717, 1.165) is 19.3 Å². The summed E-state index contributed by atoms with van der Waals surface area (Å²) < 4.78 is 0. The maximum absolute atomic E-state index is 11.7. The normalized spacial score (nSPS) is 16.4. The molecule has 0 saturated carbocycles. The number of nitrogens with one attached hydrogen (secondary N) is 1. The highest BCUT2D eigenvalue weighted by molar-refractivity contribution is 5.81. The SMILES string of the molecule is CCCCCCCCCCCNC(=O)[C@H](O)[C@@H](O)[C@H](O)[C@H](O)CO. The summed E-state index contributed by atoms with van der Waals surface area (Å²) in [6.45, 7) is 1.81. The van der Waals surface area contributed by atoms with Crippen molar-refractivity contribution in [3.05, 3.63) is 0 Å². The first-order valence-corrected chi connectivity index (χ1v) is 9.06. The minimum absolute atomic E-state index is 0.386. The predicted octanol–water partition coefficient (Wildman–Crippen LogP) is 0.0693. The number of aliphatic hydroxyl groups is 5. The van der Waals surface area contributed by atoms with Crippen LogP contribution in [0.1, 0.15) is 64.7 Å². The Morgan fingerprint density at radius 3 is 1.83 bits per heavy atom. The molecule has 0 aromatic rings. The van der Waals surface area contributed by atoms with Gasteiger partial charge >= 0.3 is 0 Å². The zero-order valence-electron chi connectivity index (χ0n) is 14.7. The molecule has 0 fully saturated rings.